The van der Waals surface area contributed by atoms with E-state index in [1.165, 1.54) is 23.5 Å². The predicted octanol–water partition coefficient (Wildman–Crippen LogP) is 9.43. The molecule has 0 nitrogen and oxygen atoms in total. The molecule has 4 aliphatic rings. The summed E-state index contributed by atoms with van der Waals surface area (Å²) in [5.41, 5.74) is 9.90. The van der Waals surface area contributed by atoms with Gasteiger partial charge in [-0.15, -0.1) is 0 Å². The van der Waals surface area contributed by atoms with Gasteiger partial charge in [0.15, 0.2) is 0 Å². The average Bonchev–Trinajstić information content (AvgIpc) is 3.40. The van der Waals surface area contributed by atoms with Crippen LogP contribution in [0.25, 0.3) is 11.1 Å². The molecule has 0 amide bonds. The minimum absolute atomic E-state index is 0.207. The van der Waals surface area contributed by atoms with Gasteiger partial charge in [0.1, 0.15) is 0 Å². The monoisotopic (exact) mass is 454 g/mol. The van der Waals surface area contributed by atoms with Crippen LogP contribution in [-0.2, 0) is 0 Å². The second-order valence-electron chi connectivity index (χ2n) is 10.4. The molecule has 2 aromatic rings. The van der Waals surface area contributed by atoms with E-state index in [1.54, 1.807) is 43.5 Å². The first-order valence-electron chi connectivity index (χ1n) is 11.8. The lowest BCUT2D eigenvalue weighted by atomic mass is 9.73. The van der Waals surface area contributed by atoms with Crippen LogP contribution < -0.4 is 0 Å². The average molecular weight is 455 g/mol. The van der Waals surface area contributed by atoms with Gasteiger partial charge in [-0.1, -0.05) is 85.7 Å². The van der Waals surface area contributed by atoms with Crippen LogP contribution in [-0.4, -0.2) is 12.3 Å². The van der Waals surface area contributed by atoms with Gasteiger partial charge < -0.3 is 0 Å². The van der Waals surface area contributed by atoms with Crippen molar-refractivity contribution in [1.29, 1.82) is 0 Å². The van der Waals surface area contributed by atoms with E-state index in [4.69, 9.17) is 0 Å². The molecular formula is C30H32P2. The van der Waals surface area contributed by atoms with Crippen molar-refractivity contribution < 1.29 is 0 Å². The number of hydrogen-bond donors (Lipinski definition) is 0. The van der Waals surface area contributed by atoms with Crippen molar-refractivity contribution in [2.75, 3.05) is 12.3 Å². The Kier molecular flexibility index (Phi) is 4.48. The molecule has 6 rings (SSSR count). The van der Waals surface area contributed by atoms with Gasteiger partial charge in [0.25, 0.3) is 0 Å². The Morgan fingerprint density at radius 1 is 0.562 bits per heavy atom. The van der Waals surface area contributed by atoms with E-state index >= 15 is 0 Å². The Balaban J connectivity index is 1.47. The van der Waals surface area contributed by atoms with Gasteiger partial charge in [0.05, 0.1) is 0 Å². The fourth-order valence-electron chi connectivity index (χ4n) is 7.00. The number of rotatable bonds is 3. The van der Waals surface area contributed by atoms with Crippen LogP contribution in [0.4, 0.5) is 0 Å². The van der Waals surface area contributed by atoms with E-state index in [0.717, 1.165) is 0 Å². The van der Waals surface area contributed by atoms with Gasteiger partial charge in [-0.3, -0.25) is 0 Å². The molecule has 0 saturated carbocycles. The van der Waals surface area contributed by atoms with E-state index in [-0.39, 0.29) is 26.7 Å². The molecule has 4 bridgehead atoms. The number of hydrogen-bond acceptors (Lipinski definition) is 0. The Bertz CT molecular complexity index is 1170. The van der Waals surface area contributed by atoms with Crippen LogP contribution >= 0.6 is 15.8 Å². The molecule has 4 heterocycles. The third kappa shape index (κ3) is 2.47. The van der Waals surface area contributed by atoms with Crippen molar-refractivity contribution in [3.8, 4) is 0 Å². The number of fused-ring (bicyclic) bond motifs is 4. The summed E-state index contributed by atoms with van der Waals surface area (Å²) in [6.07, 6.45) is 2.65. The summed E-state index contributed by atoms with van der Waals surface area (Å²) < 4.78 is 0. The minimum Gasteiger partial charge on any atom is -0.0622 e. The summed E-state index contributed by atoms with van der Waals surface area (Å²) in [6.45, 7) is 14.9. The lowest BCUT2D eigenvalue weighted by Gasteiger charge is -2.34. The normalized spacial score (nSPS) is 33.4. The quantitative estimate of drug-likeness (QED) is 0.405. The highest BCUT2D eigenvalue weighted by atomic mass is 31.1. The second kappa shape index (κ2) is 6.88. The van der Waals surface area contributed by atoms with Gasteiger partial charge in [-0.25, -0.2) is 0 Å². The predicted molar refractivity (Wildman–Crippen MR) is 143 cm³/mol. The summed E-state index contributed by atoms with van der Waals surface area (Å²) in [5, 5.41) is 6.95. The van der Waals surface area contributed by atoms with Crippen molar-refractivity contribution in [3.05, 3.63) is 104 Å². The molecule has 162 valence electrons. The lowest BCUT2D eigenvalue weighted by Crippen LogP contribution is -2.20. The van der Waals surface area contributed by atoms with Crippen LogP contribution in [0.2, 0.25) is 0 Å². The SMILES string of the molecule is CC1=C(c2ccccc2)[C@]2(C)CP1C(C1=C(C)[C@@]3(C)CP1C(C)=C3c1ccccc1)=C2C. The standard InChI is InChI=1S/C30H32P2/c1-19-27(31-17-29(19,5)25(21(31)3)23-13-9-7-10-14-23)28-20(2)30(6)18-32(28)22(4)26(30)24-15-11-8-12-16-24/h7-16H,17-18H2,1-6H3/t29-,30-,31?,32?/m1/s1. The van der Waals surface area contributed by atoms with Crippen LogP contribution in [0.5, 0.6) is 0 Å². The summed E-state index contributed by atoms with van der Waals surface area (Å²) in [7, 11) is -0.418. The third-order valence-electron chi connectivity index (χ3n) is 8.84. The molecule has 0 fully saturated rings. The van der Waals surface area contributed by atoms with Crippen molar-refractivity contribution in [1.82, 2.24) is 0 Å². The molecule has 2 heteroatoms. The fraction of sp³-hybridized carbons (Fsp3) is 0.333. The highest BCUT2D eigenvalue weighted by Gasteiger charge is 2.57. The van der Waals surface area contributed by atoms with E-state index < -0.39 is 0 Å². The molecule has 0 spiro atoms. The largest absolute Gasteiger partial charge is 0.0622 e. The first-order chi connectivity index (χ1) is 15.3. The molecule has 2 unspecified atom stereocenters. The minimum atomic E-state index is -0.209. The van der Waals surface area contributed by atoms with E-state index in [0.29, 0.717) is 0 Å². The maximum atomic E-state index is 2.53. The van der Waals surface area contributed by atoms with Gasteiger partial charge in [-0.2, -0.15) is 0 Å². The van der Waals surface area contributed by atoms with Crippen molar-refractivity contribution in [2.45, 2.75) is 41.5 Å². The fourth-order valence-corrected chi connectivity index (χ4v) is 14.7. The summed E-state index contributed by atoms with van der Waals surface area (Å²) in [4.78, 5) is 0. The number of allylic oxidation sites excluding steroid dienone is 8. The topological polar surface area (TPSA) is 0 Å². The Morgan fingerprint density at radius 3 is 1.25 bits per heavy atom. The van der Waals surface area contributed by atoms with Crippen molar-refractivity contribution >= 4 is 27.0 Å². The zero-order valence-corrected chi connectivity index (χ0v) is 21.9. The zero-order valence-electron chi connectivity index (χ0n) is 20.1. The maximum Gasteiger partial charge on any atom is 0.0194 e. The maximum absolute atomic E-state index is 2.53. The van der Waals surface area contributed by atoms with Gasteiger partial charge in [0.2, 0.25) is 0 Å². The van der Waals surface area contributed by atoms with Crippen LogP contribution in [0.3, 0.4) is 0 Å². The molecule has 0 radical (unpaired) electrons. The van der Waals surface area contributed by atoms with E-state index in [9.17, 15) is 0 Å². The third-order valence-corrected chi connectivity index (χ3v) is 15.2. The lowest BCUT2D eigenvalue weighted by molar-refractivity contribution is 0.621. The summed E-state index contributed by atoms with van der Waals surface area (Å²) in [6, 6.07) is 22.4. The van der Waals surface area contributed by atoms with Gasteiger partial charge in [-0.05, 0) is 99.4 Å². The molecule has 0 aromatic heterocycles. The second-order valence-corrected chi connectivity index (χ2v) is 15.0. The smallest absolute Gasteiger partial charge is 0.0194 e. The Labute approximate surface area is 195 Å². The van der Waals surface area contributed by atoms with Gasteiger partial charge in [0, 0.05) is 10.8 Å². The van der Waals surface area contributed by atoms with Crippen molar-refractivity contribution in [2.24, 2.45) is 10.8 Å². The first kappa shape index (κ1) is 20.8. The Morgan fingerprint density at radius 2 is 0.906 bits per heavy atom. The van der Waals surface area contributed by atoms with Gasteiger partial charge >= 0.3 is 0 Å². The Hall–Kier alpha value is -1.74. The zero-order chi connectivity index (χ0) is 22.4. The van der Waals surface area contributed by atoms with E-state index in [1.807, 2.05) is 0 Å². The highest BCUT2D eigenvalue weighted by Crippen LogP contribution is 2.84. The number of benzene rings is 2. The van der Waals surface area contributed by atoms with Crippen LogP contribution in [0.1, 0.15) is 52.7 Å². The van der Waals surface area contributed by atoms with Crippen molar-refractivity contribution in [3.63, 3.8) is 0 Å². The summed E-state index contributed by atoms with van der Waals surface area (Å²) in [5.74, 6) is 0. The molecule has 32 heavy (non-hydrogen) atoms. The van der Waals surface area contributed by atoms with E-state index in [2.05, 4.69) is 102 Å². The van der Waals surface area contributed by atoms with Crippen LogP contribution in [0, 0.1) is 10.8 Å². The summed E-state index contributed by atoms with van der Waals surface area (Å²) >= 11 is 0. The van der Waals surface area contributed by atoms with Crippen LogP contribution in [0.15, 0.2) is 93.1 Å². The molecule has 2 aromatic carbocycles. The molecule has 4 atom stereocenters. The first-order valence-corrected chi connectivity index (χ1v) is 14.9. The molecule has 0 N–H and O–H groups in total. The molecule has 0 aliphatic carbocycles. The molecular weight excluding hydrogens is 422 g/mol. The highest BCUT2D eigenvalue weighted by molar-refractivity contribution is 7.73. The molecule has 0 saturated heterocycles. The molecule has 4 aliphatic heterocycles.